The third kappa shape index (κ3) is 18.5. The lowest BCUT2D eigenvalue weighted by molar-refractivity contribution is 0.423. The van der Waals surface area contributed by atoms with E-state index in [-0.39, 0.29) is 0 Å². The van der Waals surface area contributed by atoms with Gasteiger partial charge in [-0.05, 0) is 19.9 Å². The van der Waals surface area contributed by atoms with Crippen molar-refractivity contribution in [3.63, 3.8) is 0 Å². The maximum Gasteiger partial charge on any atom is 0.0781 e. The van der Waals surface area contributed by atoms with E-state index in [1.165, 1.54) is 64.2 Å². The van der Waals surface area contributed by atoms with Crippen LogP contribution in [0.4, 0.5) is 0 Å². The Bertz CT molecular complexity index is 125. The summed E-state index contributed by atoms with van der Waals surface area (Å²) in [5.41, 5.74) is 5.42. The monoisotopic (exact) mass is 243 g/mol. The molecule has 0 saturated carbocycles. The Morgan fingerprint density at radius 2 is 1.24 bits per heavy atom. The summed E-state index contributed by atoms with van der Waals surface area (Å²) in [4.78, 5) is 0. The number of hydrogen-bond acceptors (Lipinski definition) is 2. The molecule has 1 heterocycles. The second-order valence-electron chi connectivity index (χ2n) is 5.11. The van der Waals surface area contributed by atoms with Crippen molar-refractivity contribution < 1.29 is 4.74 Å². The van der Waals surface area contributed by atoms with Gasteiger partial charge in [-0.1, -0.05) is 64.7 Å². The fraction of sp³-hybridized carbons (Fsp3) is 1.00. The van der Waals surface area contributed by atoms with Crippen LogP contribution < -0.4 is 5.73 Å². The summed E-state index contributed by atoms with van der Waals surface area (Å²) in [5, 5.41) is 0. The topological polar surface area (TPSA) is 38.5 Å². The minimum Gasteiger partial charge on any atom is -0.373 e. The van der Waals surface area contributed by atoms with Gasteiger partial charge in [0.2, 0.25) is 0 Å². The third-order valence-electron chi connectivity index (χ3n) is 3.06. The summed E-state index contributed by atoms with van der Waals surface area (Å²) in [6.45, 7) is 6.18. The van der Waals surface area contributed by atoms with Crippen molar-refractivity contribution in [1.29, 1.82) is 0 Å². The van der Waals surface area contributed by atoms with Crippen LogP contribution in [0.2, 0.25) is 0 Å². The zero-order valence-corrected chi connectivity index (χ0v) is 12.0. The molecule has 0 bridgehead atoms. The van der Waals surface area contributed by atoms with Crippen molar-refractivity contribution in [2.45, 2.75) is 84.2 Å². The summed E-state index contributed by atoms with van der Waals surface area (Å²) < 4.78 is 4.71. The van der Waals surface area contributed by atoms with Gasteiger partial charge in [0.1, 0.15) is 0 Å². The molecule has 0 aliphatic carbocycles. The van der Waals surface area contributed by atoms with Crippen LogP contribution in [0.25, 0.3) is 0 Å². The van der Waals surface area contributed by atoms with Gasteiger partial charge in [-0.3, -0.25) is 0 Å². The Labute approximate surface area is 108 Å². The molecule has 0 spiro atoms. The molecule has 1 atom stereocenters. The molecular formula is C15H33NO. The van der Waals surface area contributed by atoms with Crippen molar-refractivity contribution in [3.8, 4) is 0 Å². The average molecular weight is 243 g/mol. The average Bonchev–Trinajstić information content (AvgIpc) is 3.11. The standard InChI is InChI=1S/C12H27N.C3H6O/c1-2-3-4-5-6-7-8-9-10-11-12-13;1-3-2-4-3/h2-13H2,1H3;3H,2H2,1H3. The van der Waals surface area contributed by atoms with Gasteiger partial charge in [-0.2, -0.15) is 0 Å². The molecule has 17 heavy (non-hydrogen) atoms. The number of unbranched alkanes of at least 4 members (excludes halogenated alkanes) is 9. The fourth-order valence-electron chi connectivity index (χ4n) is 1.73. The molecule has 0 aromatic rings. The van der Waals surface area contributed by atoms with E-state index in [4.69, 9.17) is 10.5 Å². The van der Waals surface area contributed by atoms with Crippen LogP contribution in [0.1, 0.15) is 78.1 Å². The number of rotatable bonds is 10. The van der Waals surface area contributed by atoms with Gasteiger partial charge < -0.3 is 10.5 Å². The zero-order chi connectivity index (χ0) is 12.8. The van der Waals surface area contributed by atoms with Gasteiger partial charge in [0.25, 0.3) is 0 Å². The van der Waals surface area contributed by atoms with Gasteiger partial charge in [0, 0.05) is 0 Å². The van der Waals surface area contributed by atoms with Crippen molar-refractivity contribution in [2.75, 3.05) is 13.2 Å². The highest BCUT2D eigenvalue weighted by Gasteiger charge is 2.13. The molecule has 0 aromatic carbocycles. The first-order valence-electron chi connectivity index (χ1n) is 7.63. The maximum atomic E-state index is 5.42. The first kappa shape index (κ1) is 16.9. The van der Waals surface area contributed by atoms with E-state index in [0.717, 1.165) is 13.2 Å². The van der Waals surface area contributed by atoms with Crippen molar-refractivity contribution in [2.24, 2.45) is 5.73 Å². The number of epoxide rings is 1. The highest BCUT2D eigenvalue weighted by molar-refractivity contribution is 4.58. The second-order valence-corrected chi connectivity index (χ2v) is 5.11. The first-order chi connectivity index (χ1) is 8.31. The molecule has 1 aliphatic heterocycles. The molecule has 0 aromatic heterocycles. The molecule has 0 radical (unpaired) electrons. The number of nitrogens with two attached hydrogens (primary N) is 1. The zero-order valence-electron chi connectivity index (χ0n) is 12.0. The van der Waals surface area contributed by atoms with Crippen LogP contribution in [0.15, 0.2) is 0 Å². The predicted molar refractivity (Wildman–Crippen MR) is 76.3 cm³/mol. The van der Waals surface area contributed by atoms with Gasteiger partial charge in [-0.25, -0.2) is 0 Å². The first-order valence-corrected chi connectivity index (χ1v) is 7.63. The van der Waals surface area contributed by atoms with Crippen LogP contribution in [0, 0.1) is 0 Å². The lowest BCUT2D eigenvalue weighted by Crippen LogP contribution is -1.97. The van der Waals surface area contributed by atoms with Crippen molar-refractivity contribution in [3.05, 3.63) is 0 Å². The van der Waals surface area contributed by atoms with Crippen LogP contribution in [-0.4, -0.2) is 19.3 Å². The SMILES string of the molecule is CC1CO1.CCCCCCCCCCCCN. The normalized spacial score (nSPS) is 17.5. The molecule has 2 heteroatoms. The van der Waals surface area contributed by atoms with E-state index in [9.17, 15) is 0 Å². The minimum atomic E-state index is 0.583. The maximum absolute atomic E-state index is 5.42. The number of ether oxygens (including phenoxy) is 1. The summed E-state index contributed by atoms with van der Waals surface area (Å²) in [7, 11) is 0. The molecule has 1 fully saturated rings. The molecule has 2 N–H and O–H groups in total. The largest absolute Gasteiger partial charge is 0.373 e. The molecule has 1 saturated heterocycles. The molecule has 0 amide bonds. The fourth-order valence-corrected chi connectivity index (χ4v) is 1.73. The van der Waals surface area contributed by atoms with Gasteiger partial charge in [0.05, 0.1) is 12.7 Å². The van der Waals surface area contributed by atoms with E-state index in [2.05, 4.69) is 13.8 Å². The highest BCUT2D eigenvalue weighted by Crippen LogP contribution is 2.09. The van der Waals surface area contributed by atoms with Gasteiger partial charge in [-0.15, -0.1) is 0 Å². The second kappa shape index (κ2) is 14.0. The van der Waals surface area contributed by atoms with Gasteiger partial charge in [0.15, 0.2) is 0 Å². The smallest absolute Gasteiger partial charge is 0.0781 e. The Morgan fingerprint density at radius 1 is 0.882 bits per heavy atom. The van der Waals surface area contributed by atoms with Gasteiger partial charge >= 0.3 is 0 Å². The lowest BCUT2D eigenvalue weighted by Gasteiger charge is -2.00. The Hall–Kier alpha value is -0.0800. The van der Waals surface area contributed by atoms with Crippen LogP contribution >= 0.6 is 0 Å². The summed E-state index contributed by atoms with van der Waals surface area (Å²) in [6, 6.07) is 0. The third-order valence-corrected chi connectivity index (χ3v) is 3.06. The van der Waals surface area contributed by atoms with Crippen molar-refractivity contribution in [1.82, 2.24) is 0 Å². The van der Waals surface area contributed by atoms with Crippen LogP contribution in [0.5, 0.6) is 0 Å². The molecule has 2 nitrogen and oxygen atoms in total. The lowest BCUT2D eigenvalue weighted by atomic mass is 10.1. The van der Waals surface area contributed by atoms with E-state index < -0.39 is 0 Å². The molecule has 1 rings (SSSR count). The number of hydrogen-bond donors (Lipinski definition) is 1. The summed E-state index contributed by atoms with van der Waals surface area (Å²) in [5.74, 6) is 0. The minimum absolute atomic E-state index is 0.583. The summed E-state index contributed by atoms with van der Waals surface area (Å²) in [6.07, 6.45) is 14.5. The van der Waals surface area contributed by atoms with Crippen molar-refractivity contribution >= 4 is 0 Å². The molecular weight excluding hydrogens is 210 g/mol. The quantitative estimate of drug-likeness (QED) is 0.459. The van der Waals surface area contributed by atoms with E-state index in [1.54, 1.807) is 0 Å². The predicted octanol–water partition coefficient (Wildman–Crippen LogP) is 4.27. The highest BCUT2D eigenvalue weighted by atomic mass is 16.6. The molecule has 104 valence electrons. The van der Waals surface area contributed by atoms with E-state index in [1.807, 2.05) is 0 Å². The van der Waals surface area contributed by atoms with E-state index in [0.29, 0.717) is 6.10 Å². The Morgan fingerprint density at radius 3 is 1.53 bits per heavy atom. The summed E-state index contributed by atoms with van der Waals surface area (Å²) >= 11 is 0. The Balaban J connectivity index is 0.000000529. The van der Waals surface area contributed by atoms with Crippen LogP contribution in [-0.2, 0) is 4.74 Å². The van der Waals surface area contributed by atoms with E-state index >= 15 is 0 Å². The van der Waals surface area contributed by atoms with Crippen LogP contribution in [0.3, 0.4) is 0 Å². The Kier molecular flexibility index (Phi) is 13.9. The molecule has 1 unspecified atom stereocenters. The molecule has 1 aliphatic rings.